The SMILES string of the molecule is CCC(=O)N1CCn2nc(Nn3cc(CBr)ccc3=O)cc2C1. The van der Waals surface area contributed by atoms with Crippen LogP contribution in [0.3, 0.4) is 0 Å². The molecule has 0 aliphatic carbocycles. The molecule has 0 radical (unpaired) electrons. The molecule has 122 valence electrons. The minimum atomic E-state index is -0.150. The summed E-state index contributed by atoms with van der Waals surface area (Å²) in [6, 6.07) is 5.17. The van der Waals surface area contributed by atoms with E-state index >= 15 is 0 Å². The van der Waals surface area contributed by atoms with Crippen LogP contribution < -0.4 is 11.0 Å². The molecule has 1 aliphatic rings. The van der Waals surface area contributed by atoms with E-state index in [2.05, 4.69) is 26.5 Å². The third kappa shape index (κ3) is 3.31. The quantitative estimate of drug-likeness (QED) is 0.818. The smallest absolute Gasteiger partial charge is 0.269 e. The lowest BCUT2D eigenvalue weighted by molar-refractivity contribution is -0.132. The molecular formula is C15H18BrN5O2. The molecular weight excluding hydrogens is 362 g/mol. The summed E-state index contributed by atoms with van der Waals surface area (Å²) < 4.78 is 3.29. The lowest BCUT2D eigenvalue weighted by atomic mass is 10.3. The molecule has 0 atom stereocenters. The van der Waals surface area contributed by atoms with Gasteiger partial charge in [0, 0.05) is 36.6 Å². The van der Waals surface area contributed by atoms with Crippen LogP contribution in [0.5, 0.6) is 0 Å². The number of amides is 1. The van der Waals surface area contributed by atoms with Gasteiger partial charge in [0.15, 0.2) is 5.82 Å². The zero-order chi connectivity index (χ0) is 16.4. The van der Waals surface area contributed by atoms with Crippen LogP contribution in [0.15, 0.2) is 29.2 Å². The van der Waals surface area contributed by atoms with Crippen molar-refractivity contribution in [1.82, 2.24) is 19.4 Å². The summed E-state index contributed by atoms with van der Waals surface area (Å²) in [5, 5.41) is 5.13. The van der Waals surface area contributed by atoms with Crippen molar-refractivity contribution in [3.63, 3.8) is 0 Å². The molecule has 0 fully saturated rings. The van der Waals surface area contributed by atoms with E-state index in [1.54, 1.807) is 12.3 Å². The Labute approximate surface area is 142 Å². The highest BCUT2D eigenvalue weighted by Crippen LogP contribution is 2.17. The lowest BCUT2D eigenvalue weighted by Gasteiger charge is -2.27. The standard InChI is InChI=1S/C15H18BrN5O2/c1-2-14(22)19-5-6-20-12(10-19)7-13(17-20)18-21-9-11(8-16)3-4-15(21)23/h3-4,7,9H,2,5-6,8,10H2,1H3,(H,17,18). The van der Waals surface area contributed by atoms with Gasteiger partial charge in [-0.2, -0.15) is 5.10 Å². The summed E-state index contributed by atoms with van der Waals surface area (Å²) in [6.45, 7) is 3.75. The van der Waals surface area contributed by atoms with Gasteiger partial charge in [-0.1, -0.05) is 28.9 Å². The third-order valence-electron chi connectivity index (χ3n) is 3.81. The Morgan fingerprint density at radius 1 is 1.39 bits per heavy atom. The van der Waals surface area contributed by atoms with Crippen LogP contribution in [-0.2, 0) is 23.2 Å². The van der Waals surface area contributed by atoms with Crippen LogP contribution in [0.1, 0.15) is 24.6 Å². The average molecular weight is 380 g/mol. The van der Waals surface area contributed by atoms with Gasteiger partial charge in [-0.05, 0) is 5.56 Å². The van der Waals surface area contributed by atoms with Gasteiger partial charge >= 0.3 is 0 Å². The van der Waals surface area contributed by atoms with E-state index < -0.39 is 0 Å². The van der Waals surface area contributed by atoms with Crippen molar-refractivity contribution in [2.75, 3.05) is 12.0 Å². The van der Waals surface area contributed by atoms with Crippen molar-refractivity contribution >= 4 is 27.7 Å². The second-order valence-electron chi connectivity index (χ2n) is 5.40. The van der Waals surface area contributed by atoms with Crippen LogP contribution in [0, 0.1) is 0 Å². The third-order valence-corrected chi connectivity index (χ3v) is 4.46. The topological polar surface area (TPSA) is 72.2 Å². The first-order valence-electron chi connectivity index (χ1n) is 7.49. The number of carbonyl (C=O) groups excluding carboxylic acids is 1. The molecule has 0 unspecified atom stereocenters. The van der Waals surface area contributed by atoms with Crippen LogP contribution >= 0.6 is 15.9 Å². The first-order chi connectivity index (χ1) is 11.1. The largest absolute Gasteiger partial charge is 0.335 e. The van der Waals surface area contributed by atoms with Crippen LogP contribution in [-0.4, -0.2) is 31.8 Å². The molecule has 0 bridgehead atoms. The number of hydrogen-bond donors (Lipinski definition) is 1. The highest BCUT2D eigenvalue weighted by atomic mass is 79.9. The maximum Gasteiger partial charge on any atom is 0.269 e. The Balaban J connectivity index is 1.80. The van der Waals surface area contributed by atoms with Gasteiger partial charge in [-0.25, -0.2) is 4.68 Å². The fraction of sp³-hybridized carbons (Fsp3) is 0.400. The van der Waals surface area contributed by atoms with Crippen LogP contribution in [0.25, 0.3) is 0 Å². The number of aromatic nitrogens is 3. The average Bonchev–Trinajstić information content (AvgIpc) is 2.97. The summed E-state index contributed by atoms with van der Waals surface area (Å²) in [5.74, 6) is 0.743. The zero-order valence-electron chi connectivity index (χ0n) is 12.8. The highest BCUT2D eigenvalue weighted by molar-refractivity contribution is 9.08. The predicted octanol–water partition coefficient (Wildman–Crippen LogP) is 1.57. The number of pyridine rings is 1. The van der Waals surface area contributed by atoms with Gasteiger partial charge in [0.2, 0.25) is 5.91 Å². The molecule has 3 rings (SSSR count). The van der Waals surface area contributed by atoms with Gasteiger partial charge in [0.05, 0.1) is 18.8 Å². The van der Waals surface area contributed by atoms with E-state index in [9.17, 15) is 9.59 Å². The molecule has 8 heteroatoms. The van der Waals surface area contributed by atoms with E-state index in [1.807, 2.05) is 22.6 Å². The fourth-order valence-electron chi connectivity index (χ4n) is 2.58. The van der Waals surface area contributed by atoms with Crippen molar-refractivity contribution in [2.24, 2.45) is 0 Å². The number of anilines is 1. The monoisotopic (exact) mass is 379 g/mol. The summed E-state index contributed by atoms with van der Waals surface area (Å²) >= 11 is 3.37. The maximum atomic E-state index is 11.9. The van der Waals surface area contributed by atoms with Crippen molar-refractivity contribution in [1.29, 1.82) is 0 Å². The van der Waals surface area contributed by atoms with Crippen LogP contribution in [0.4, 0.5) is 5.82 Å². The number of carbonyl (C=O) groups is 1. The Kier molecular flexibility index (Phi) is 4.51. The number of alkyl halides is 1. The summed E-state index contributed by atoms with van der Waals surface area (Å²) in [6.07, 6.45) is 2.25. The summed E-state index contributed by atoms with van der Waals surface area (Å²) in [5.41, 5.74) is 4.81. The van der Waals surface area contributed by atoms with E-state index in [1.165, 1.54) is 10.7 Å². The van der Waals surface area contributed by atoms with Crippen LogP contribution in [0.2, 0.25) is 0 Å². The van der Waals surface area contributed by atoms with Crippen molar-refractivity contribution in [2.45, 2.75) is 31.8 Å². The molecule has 2 aromatic rings. The minimum Gasteiger partial charge on any atom is -0.335 e. The minimum absolute atomic E-state index is 0.146. The number of nitrogens with one attached hydrogen (secondary N) is 1. The van der Waals surface area contributed by atoms with Gasteiger partial charge < -0.3 is 4.90 Å². The second-order valence-corrected chi connectivity index (χ2v) is 5.96. The molecule has 1 N–H and O–H groups in total. The normalized spacial score (nSPS) is 13.7. The summed E-state index contributed by atoms with van der Waals surface area (Å²) in [7, 11) is 0. The lowest BCUT2D eigenvalue weighted by Crippen LogP contribution is -2.37. The molecule has 0 spiro atoms. The predicted molar refractivity (Wildman–Crippen MR) is 90.3 cm³/mol. The Hall–Kier alpha value is -2.09. The molecule has 3 heterocycles. The van der Waals surface area contributed by atoms with Crippen molar-refractivity contribution in [3.8, 4) is 0 Å². The fourth-order valence-corrected chi connectivity index (χ4v) is 2.91. The number of fused-ring (bicyclic) bond motifs is 1. The first kappa shape index (κ1) is 15.8. The molecule has 0 saturated heterocycles. The number of rotatable bonds is 4. The zero-order valence-corrected chi connectivity index (χ0v) is 14.4. The molecule has 7 nitrogen and oxygen atoms in total. The summed E-state index contributed by atoms with van der Waals surface area (Å²) in [4.78, 5) is 25.6. The van der Waals surface area contributed by atoms with E-state index in [0.29, 0.717) is 37.2 Å². The molecule has 0 saturated carbocycles. The van der Waals surface area contributed by atoms with Crippen molar-refractivity contribution in [3.05, 3.63) is 46.0 Å². The highest BCUT2D eigenvalue weighted by Gasteiger charge is 2.21. The number of nitrogens with zero attached hydrogens (tertiary/aromatic N) is 4. The van der Waals surface area contributed by atoms with E-state index in [-0.39, 0.29) is 11.5 Å². The molecule has 1 aliphatic heterocycles. The van der Waals surface area contributed by atoms with Gasteiger partial charge in [0.1, 0.15) is 0 Å². The number of halogens is 1. The second kappa shape index (κ2) is 6.57. The van der Waals surface area contributed by atoms with Gasteiger partial charge in [-0.3, -0.25) is 19.7 Å². The molecule has 1 amide bonds. The van der Waals surface area contributed by atoms with E-state index in [0.717, 1.165) is 11.3 Å². The Morgan fingerprint density at radius 2 is 2.22 bits per heavy atom. The molecule has 2 aromatic heterocycles. The van der Waals surface area contributed by atoms with Gasteiger partial charge in [0.25, 0.3) is 5.56 Å². The Bertz CT molecular complexity index is 782. The maximum absolute atomic E-state index is 11.9. The number of hydrogen-bond acceptors (Lipinski definition) is 4. The molecule has 0 aromatic carbocycles. The Morgan fingerprint density at radius 3 is 2.96 bits per heavy atom. The molecule has 23 heavy (non-hydrogen) atoms. The van der Waals surface area contributed by atoms with Gasteiger partial charge in [-0.15, -0.1) is 0 Å². The van der Waals surface area contributed by atoms with E-state index in [4.69, 9.17) is 0 Å². The van der Waals surface area contributed by atoms with Crippen molar-refractivity contribution < 1.29 is 4.79 Å². The first-order valence-corrected chi connectivity index (χ1v) is 8.62.